The number of aromatic nitrogens is 1. The molecule has 0 saturated carbocycles. The highest BCUT2D eigenvalue weighted by Gasteiger charge is 2.47. The quantitative estimate of drug-likeness (QED) is 0.631. The second-order valence-electron chi connectivity index (χ2n) is 9.46. The molecule has 2 aliphatic rings. The van der Waals surface area contributed by atoms with E-state index in [2.05, 4.69) is 25.8 Å². The molecule has 2 N–H and O–H groups in total. The number of nitrogens with zero attached hydrogens (tertiary/aromatic N) is 3. The van der Waals surface area contributed by atoms with Gasteiger partial charge >= 0.3 is 0 Å². The molecule has 1 spiro atoms. The van der Waals surface area contributed by atoms with Crippen LogP contribution in [0.15, 0.2) is 59.7 Å². The van der Waals surface area contributed by atoms with Crippen molar-refractivity contribution in [3.05, 3.63) is 71.5 Å². The molecule has 0 amide bonds. The summed E-state index contributed by atoms with van der Waals surface area (Å²) in [6, 6.07) is 17.4. The molecule has 0 bridgehead atoms. The first kappa shape index (κ1) is 20.8. The second-order valence-corrected chi connectivity index (χ2v) is 9.46. The minimum atomic E-state index is -0.843. The number of ether oxygens (including phenoxy) is 3. The van der Waals surface area contributed by atoms with E-state index in [1.807, 2.05) is 48.5 Å². The highest BCUT2D eigenvalue weighted by molar-refractivity contribution is 5.78. The third kappa shape index (κ3) is 3.74. The van der Waals surface area contributed by atoms with Gasteiger partial charge in [0.15, 0.2) is 5.54 Å². The summed E-state index contributed by atoms with van der Waals surface area (Å²) >= 11 is 0. The van der Waals surface area contributed by atoms with Gasteiger partial charge < -0.3 is 19.9 Å². The van der Waals surface area contributed by atoms with Crippen LogP contribution in [0.3, 0.4) is 0 Å². The van der Waals surface area contributed by atoms with Crippen LogP contribution in [-0.4, -0.2) is 24.2 Å². The minimum Gasteiger partial charge on any atom is -0.493 e. The Morgan fingerprint density at radius 3 is 2.42 bits per heavy atom. The zero-order chi connectivity index (χ0) is 23.2. The summed E-state index contributed by atoms with van der Waals surface area (Å²) in [4.78, 5) is 8.95. The van der Waals surface area contributed by atoms with Crippen LogP contribution in [0.1, 0.15) is 37.6 Å². The highest BCUT2D eigenvalue weighted by Crippen LogP contribution is 2.52. The van der Waals surface area contributed by atoms with E-state index < -0.39 is 5.54 Å². The average molecular weight is 441 g/mol. The lowest BCUT2D eigenvalue weighted by Crippen LogP contribution is -2.31. The van der Waals surface area contributed by atoms with Gasteiger partial charge in [-0.15, -0.1) is 0 Å². The predicted octanol–water partition coefficient (Wildman–Crippen LogP) is 4.74. The number of hydrogen-bond acceptors (Lipinski definition) is 7. The Morgan fingerprint density at radius 1 is 1.06 bits per heavy atom. The van der Waals surface area contributed by atoms with Gasteiger partial charge in [0.05, 0.1) is 6.61 Å². The van der Waals surface area contributed by atoms with Gasteiger partial charge in [-0.05, 0) is 53.4 Å². The molecule has 166 valence electrons. The molecule has 7 nitrogen and oxygen atoms in total. The lowest BCUT2D eigenvalue weighted by Gasteiger charge is -2.34. The summed E-state index contributed by atoms with van der Waals surface area (Å²) in [5.74, 6) is 2.13. The first-order valence-corrected chi connectivity index (χ1v) is 10.7. The van der Waals surface area contributed by atoms with Gasteiger partial charge in [-0.3, -0.25) is 0 Å². The van der Waals surface area contributed by atoms with Gasteiger partial charge in [-0.2, -0.15) is 5.26 Å². The molecule has 1 aromatic heterocycles. The number of benzene rings is 2. The van der Waals surface area contributed by atoms with Crippen LogP contribution < -0.4 is 15.2 Å². The number of rotatable bonds is 3. The van der Waals surface area contributed by atoms with E-state index in [-0.39, 0.29) is 18.0 Å². The predicted molar refractivity (Wildman–Crippen MR) is 124 cm³/mol. The molecule has 2 aromatic carbocycles. The molecular formula is C26H24N4O3. The molecule has 3 heterocycles. The molecule has 0 radical (unpaired) electrons. The number of nitriles is 1. The summed E-state index contributed by atoms with van der Waals surface area (Å²) in [5.41, 5.74) is 9.07. The maximum absolute atomic E-state index is 9.04. The number of amidine groups is 1. The molecule has 33 heavy (non-hydrogen) atoms. The fourth-order valence-corrected chi connectivity index (χ4v) is 4.03. The number of hydrogen-bond donors (Lipinski definition) is 1. The van der Waals surface area contributed by atoms with Crippen molar-refractivity contribution >= 4 is 6.02 Å². The zero-order valence-corrected chi connectivity index (χ0v) is 18.8. The third-order valence-electron chi connectivity index (χ3n) is 5.65. The molecule has 0 fully saturated rings. The van der Waals surface area contributed by atoms with Gasteiger partial charge in [0, 0.05) is 22.9 Å². The normalized spacial score (nSPS) is 18.4. The van der Waals surface area contributed by atoms with Gasteiger partial charge in [0.1, 0.15) is 35.6 Å². The van der Waals surface area contributed by atoms with Crippen LogP contribution in [0, 0.1) is 16.7 Å². The van der Waals surface area contributed by atoms with Gasteiger partial charge in [0.2, 0.25) is 0 Å². The van der Waals surface area contributed by atoms with E-state index >= 15 is 0 Å². The molecule has 5 rings (SSSR count). The first-order chi connectivity index (χ1) is 15.8. The highest BCUT2D eigenvalue weighted by atomic mass is 16.5. The Labute approximate surface area is 192 Å². The molecule has 0 saturated heterocycles. The van der Waals surface area contributed by atoms with Crippen LogP contribution >= 0.6 is 0 Å². The lowest BCUT2D eigenvalue weighted by molar-refractivity contribution is 0.197. The largest absolute Gasteiger partial charge is 0.493 e. The Hall–Kier alpha value is -4.05. The van der Waals surface area contributed by atoms with Crippen LogP contribution in [0.2, 0.25) is 0 Å². The molecular weight excluding hydrogens is 416 g/mol. The number of fused-ring (bicyclic) bond motifs is 4. The van der Waals surface area contributed by atoms with Crippen LogP contribution in [0.25, 0.3) is 11.1 Å². The Bertz CT molecular complexity index is 1300. The lowest BCUT2D eigenvalue weighted by atomic mass is 9.80. The summed E-state index contributed by atoms with van der Waals surface area (Å²) in [6.45, 7) is 7.22. The number of aliphatic imine (C=N–C) groups is 1. The molecule has 0 unspecified atom stereocenters. The summed E-state index contributed by atoms with van der Waals surface area (Å²) in [5, 5.41) is 9.04. The Balaban J connectivity index is 1.61. The topological polar surface area (TPSA) is 103 Å². The maximum Gasteiger partial charge on any atom is 0.283 e. The maximum atomic E-state index is 9.04. The van der Waals surface area contributed by atoms with Crippen LogP contribution in [0.4, 0.5) is 0 Å². The van der Waals surface area contributed by atoms with E-state index in [0.29, 0.717) is 23.8 Å². The minimum absolute atomic E-state index is 0.0276. The monoisotopic (exact) mass is 440 g/mol. The Kier molecular flexibility index (Phi) is 4.75. The smallest absolute Gasteiger partial charge is 0.283 e. The fraction of sp³-hybridized carbons (Fsp3) is 0.269. The first-order valence-electron chi connectivity index (χ1n) is 10.7. The summed E-state index contributed by atoms with van der Waals surface area (Å²) in [6.07, 6.45) is 1.69. The van der Waals surface area contributed by atoms with Crippen molar-refractivity contribution in [2.24, 2.45) is 16.1 Å². The van der Waals surface area contributed by atoms with Crippen molar-refractivity contribution in [2.75, 3.05) is 13.2 Å². The molecule has 3 aromatic rings. The third-order valence-corrected chi connectivity index (χ3v) is 5.65. The van der Waals surface area contributed by atoms with Crippen LogP contribution in [-0.2, 0) is 10.3 Å². The Morgan fingerprint density at radius 2 is 1.79 bits per heavy atom. The molecule has 1 atom stereocenters. The summed E-state index contributed by atoms with van der Waals surface area (Å²) in [7, 11) is 0. The standard InChI is InChI=1S/C26H24N4O3/c1-25(2,3)14-31-19-7-9-23-21(11-19)26(15-32-24(28)30-26)20-10-16(5-8-22(20)33-23)17-4-6-18(12-27)29-13-17/h4-11,13H,14-15H2,1-3H3,(H2,28,30)/t26-/m1/s1. The van der Waals surface area contributed by atoms with Gasteiger partial charge in [0.25, 0.3) is 6.02 Å². The van der Waals surface area contributed by atoms with Crippen molar-refractivity contribution in [3.63, 3.8) is 0 Å². The van der Waals surface area contributed by atoms with E-state index in [1.165, 1.54) is 0 Å². The van der Waals surface area contributed by atoms with E-state index in [1.54, 1.807) is 12.3 Å². The van der Waals surface area contributed by atoms with Crippen molar-refractivity contribution in [3.8, 4) is 34.4 Å². The molecule has 7 heteroatoms. The summed E-state index contributed by atoms with van der Waals surface area (Å²) < 4.78 is 18.0. The van der Waals surface area contributed by atoms with Crippen molar-refractivity contribution in [1.29, 1.82) is 5.26 Å². The fourth-order valence-electron chi connectivity index (χ4n) is 4.03. The van der Waals surface area contributed by atoms with E-state index in [4.69, 9.17) is 30.2 Å². The second kappa shape index (κ2) is 7.52. The SMILES string of the molecule is CC(C)(C)COc1ccc2c(c1)[C@@]1(COC(N)=N1)c1cc(-c3ccc(C#N)nc3)ccc1O2. The van der Waals surface area contributed by atoms with E-state index in [9.17, 15) is 0 Å². The van der Waals surface area contributed by atoms with Gasteiger partial charge in [-0.25, -0.2) is 9.98 Å². The van der Waals surface area contributed by atoms with Gasteiger partial charge in [-0.1, -0.05) is 26.8 Å². The average Bonchev–Trinajstić information content (AvgIpc) is 3.20. The number of pyridine rings is 1. The van der Waals surface area contributed by atoms with Crippen molar-refractivity contribution < 1.29 is 14.2 Å². The zero-order valence-electron chi connectivity index (χ0n) is 18.8. The molecule has 0 aliphatic carbocycles. The molecule has 2 aliphatic heterocycles. The number of nitrogens with two attached hydrogens (primary N) is 1. The van der Waals surface area contributed by atoms with Crippen molar-refractivity contribution in [1.82, 2.24) is 4.98 Å². The van der Waals surface area contributed by atoms with E-state index in [0.717, 1.165) is 28.0 Å². The van der Waals surface area contributed by atoms with Crippen molar-refractivity contribution in [2.45, 2.75) is 26.3 Å². The van der Waals surface area contributed by atoms with Crippen LogP contribution in [0.5, 0.6) is 17.2 Å².